The van der Waals surface area contributed by atoms with Crippen molar-refractivity contribution in [2.24, 2.45) is 0 Å². The molecule has 0 fully saturated rings. The van der Waals surface area contributed by atoms with E-state index < -0.39 is 41.5 Å². The fourth-order valence-electron chi connectivity index (χ4n) is 2.94. The second-order valence-electron chi connectivity index (χ2n) is 6.78. The first-order chi connectivity index (χ1) is 16.0. The summed E-state index contributed by atoms with van der Waals surface area (Å²) in [5, 5.41) is 0. The van der Waals surface area contributed by atoms with E-state index in [1.165, 1.54) is 33.5 Å². The number of rotatable bonds is 9. The molecule has 0 aliphatic heterocycles. The molecule has 0 aromatic heterocycles. The molecule has 0 atom stereocenters. The summed E-state index contributed by atoms with van der Waals surface area (Å²) in [6.45, 7) is 0. The van der Waals surface area contributed by atoms with Crippen molar-refractivity contribution >= 4 is 31.4 Å². The third-order valence-electron chi connectivity index (χ3n) is 4.45. The van der Waals surface area contributed by atoms with Gasteiger partial charge in [0.15, 0.2) is 0 Å². The first-order valence-corrected chi connectivity index (χ1v) is 12.4. The molecule has 3 rings (SSSR count). The average molecular weight is 515 g/mol. The fourth-order valence-corrected chi connectivity index (χ4v) is 5.31. The summed E-state index contributed by atoms with van der Waals surface area (Å²) in [4.78, 5) is -0.980. The quantitative estimate of drug-likeness (QED) is 0.448. The number of benzene rings is 3. The number of ether oxygens (including phenoxy) is 3. The van der Waals surface area contributed by atoms with Crippen molar-refractivity contribution < 1.29 is 39.8 Å². The van der Waals surface area contributed by atoms with Crippen LogP contribution in [0.5, 0.6) is 17.2 Å². The molecule has 0 spiro atoms. The van der Waals surface area contributed by atoms with Crippen LogP contribution in [0.3, 0.4) is 0 Å². The lowest BCUT2D eigenvalue weighted by Gasteiger charge is -2.15. The molecule has 3 aromatic carbocycles. The van der Waals surface area contributed by atoms with Crippen molar-refractivity contribution in [1.82, 2.24) is 0 Å². The Morgan fingerprint density at radius 1 is 0.647 bits per heavy atom. The molecule has 34 heavy (non-hydrogen) atoms. The summed E-state index contributed by atoms with van der Waals surface area (Å²) in [6.07, 6.45) is 0. The van der Waals surface area contributed by atoms with E-state index in [-0.39, 0.29) is 28.6 Å². The van der Waals surface area contributed by atoms with Crippen LogP contribution in [-0.4, -0.2) is 38.2 Å². The molecule has 0 saturated heterocycles. The SMILES string of the molecule is COc1cc(F)cc(NS(=O)(=O)c2ccc(OC)c(S(=O)(=O)Nc3cc(F)cc(OC)c3)c2)c1. The topological polar surface area (TPSA) is 120 Å². The van der Waals surface area contributed by atoms with Crippen molar-refractivity contribution in [2.75, 3.05) is 30.8 Å². The van der Waals surface area contributed by atoms with Gasteiger partial charge < -0.3 is 14.2 Å². The smallest absolute Gasteiger partial charge is 0.265 e. The molecular formula is C21H20F2N2O7S2. The highest BCUT2D eigenvalue weighted by atomic mass is 32.2. The van der Waals surface area contributed by atoms with Crippen LogP contribution in [-0.2, 0) is 20.0 Å². The number of nitrogens with one attached hydrogen (secondary N) is 2. The first kappa shape index (κ1) is 25.1. The third kappa shape index (κ3) is 5.66. The molecular weight excluding hydrogens is 494 g/mol. The van der Waals surface area contributed by atoms with E-state index in [9.17, 15) is 25.6 Å². The van der Waals surface area contributed by atoms with Crippen molar-refractivity contribution in [3.63, 3.8) is 0 Å². The van der Waals surface area contributed by atoms with Gasteiger partial charge in [-0.05, 0) is 30.3 Å². The van der Waals surface area contributed by atoms with Gasteiger partial charge in [-0.3, -0.25) is 9.44 Å². The standard InChI is InChI=1S/C21H20F2N2O7S2/c1-30-17-8-13(22)6-15(10-17)24-33(26,27)19-4-5-20(32-3)21(12-19)34(28,29)25-16-7-14(23)9-18(11-16)31-2/h4-12,24-25H,1-3H3. The second-order valence-corrected chi connectivity index (χ2v) is 10.1. The van der Waals surface area contributed by atoms with E-state index in [0.717, 1.165) is 42.5 Å². The highest BCUT2D eigenvalue weighted by molar-refractivity contribution is 7.93. The Hall–Kier alpha value is -3.58. The van der Waals surface area contributed by atoms with Gasteiger partial charge in [0.05, 0.1) is 37.6 Å². The molecule has 0 bridgehead atoms. The van der Waals surface area contributed by atoms with Crippen LogP contribution in [0.25, 0.3) is 0 Å². The van der Waals surface area contributed by atoms with Gasteiger partial charge in [0, 0.05) is 24.3 Å². The van der Waals surface area contributed by atoms with Crippen LogP contribution in [0.15, 0.2) is 64.4 Å². The summed E-state index contributed by atoms with van der Waals surface area (Å²) in [7, 11) is -5.02. The highest BCUT2D eigenvalue weighted by Gasteiger charge is 2.25. The predicted molar refractivity (Wildman–Crippen MR) is 121 cm³/mol. The van der Waals surface area contributed by atoms with Crippen LogP contribution in [0, 0.1) is 11.6 Å². The van der Waals surface area contributed by atoms with Crippen molar-refractivity contribution in [2.45, 2.75) is 9.79 Å². The Bertz CT molecular complexity index is 1430. The minimum absolute atomic E-state index is 0.0655. The van der Waals surface area contributed by atoms with Crippen molar-refractivity contribution in [3.8, 4) is 17.2 Å². The van der Waals surface area contributed by atoms with Gasteiger partial charge in [0.1, 0.15) is 33.8 Å². The third-order valence-corrected chi connectivity index (χ3v) is 7.23. The normalized spacial score (nSPS) is 11.6. The molecule has 13 heteroatoms. The molecule has 0 aliphatic rings. The van der Waals surface area contributed by atoms with Gasteiger partial charge in [-0.15, -0.1) is 0 Å². The summed E-state index contributed by atoms with van der Waals surface area (Å²) in [5.74, 6) is -1.52. The van der Waals surface area contributed by atoms with E-state index in [4.69, 9.17) is 14.2 Å². The molecule has 0 amide bonds. The van der Waals surface area contributed by atoms with Gasteiger partial charge in [-0.25, -0.2) is 25.6 Å². The lowest BCUT2D eigenvalue weighted by atomic mass is 10.3. The number of methoxy groups -OCH3 is 3. The van der Waals surface area contributed by atoms with Gasteiger partial charge >= 0.3 is 0 Å². The summed E-state index contributed by atoms with van der Waals surface area (Å²) in [5.41, 5.74) is -0.292. The van der Waals surface area contributed by atoms with Crippen LogP contribution >= 0.6 is 0 Å². The van der Waals surface area contributed by atoms with E-state index in [0.29, 0.717) is 0 Å². The minimum atomic E-state index is -4.44. The highest BCUT2D eigenvalue weighted by Crippen LogP contribution is 2.31. The van der Waals surface area contributed by atoms with Crippen LogP contribution in [0.2, 0.25) is 0 Å². The van der Waals surface area contributed by atoms with E-state index in [2.05, 4.69) is 9.44 Å². The average Bonchev–Trinajstić information content (AvgIpc) is 2.77. The maximum atomic E-state index is 13.8. The van der Waals surface area contributed by atoms with Crippen molar-refractivity contribution in [3.05, 3.63) is 66.2 Å². The van der Waals surface area contributed by atoms with E-state index in [1.807, 2.05) is 0 Å². The second kappa shape index (κ2) is 9.73. The Kier molecular flexibility index (Phi) is 7.17. The Labute approximate surface area is 195 Å². The van der Waals surface area contributed by atoms with Crippen LogP contribution < -0.4 is 23.7 Å². The van der Waals surface area contributed by atoms with Crippen molar-refractivity contribution in [1.29, 1.82) is 0 Å². The number of hydrogen-bond acceptors (Lipinski definition) is 7. The van der Waals surface area contributed by atoms with E-state index >= 15 is 0 Å². The zero-order chi connectivity index (χ0) is 25.1. The molecule has 9 nitrogen and oxygen atoms in total. The number of halogens is 2. The van der Waals surface area contributed by atoms with E-state index in [1.54, 1.807) is 0 Å². The van der Waals surface area contributed by atoms with Crippen LogP contribution in [0.4, 0.5) is 20.2 Å². The number of hydrogen-bond donors (Lipinski definition) is 2. The molecule has 0 aliphatic carbocycles. The molecule has 0 saturated carbocycles. The molecule has 182 valence electrons. The largest absolute Gasteiger partial charge is 0.497 e. The molecule has 3 aromatic rings. The van der Waals surface area contributed by atoms with Gasteiger partial charge in [0.2, 0.25) is 0 Å². The molecule has 0 radical (unpaired) electrons. The Balaban J connectivity index is 2.01. The monoisotopic (exact) mass is 514 g/mol. The molecule has 0 unspecified atom stereocenters. The predicted octanol–water partition coefficient (Wildman–Crippen LogP) is 3.59. The van der Waals surface area contributed by atoms with Gasteiger partial charge in [-0.2, -0.15) is 0 Å². The lowest BCUT2D eigenvalue weighted by molar-refractivity contribution is 0.402. The maximum Gasteiger partial charge on any atom is 0.265 e. The van der Waals surface area contributed by atoms with Crippen LogP contribution in [0.1, 0.15) is 0 Å². The number of anilines is 2. The maximum absolute atomic E-state index is 13.8. The van der Waals surface area contributed by atoms with Gasteiger partial charge in [-0.1, -0.05) is 0 Å². The lowest BCUT2D eigenvalue weighted by Crippen LogP contribution is -2.17. The van der Waals surface area contributed by atoms with Gasteiger partial charge in [0.25, 0.3) is 20.0 Å². The summed E-state index contributed by atoms with van der Waals surface area (Å²) < 4.78 is 98.6. The molecule has 2 N–H and O–H groups in total. The minimum Gasteiger partial charge on any atom is -0.497 e. The zero-order valence-electron chi connectivity index (χ0n) is 18.1. The molecule has 0 heterocycles. The Morgan fingerprint density at radius 3 is 1.62 bits per heavy atom. The Morgan fingerprint density at radius 2 is 1.15 bits per heavy atom. The zero-order valence-corrected chi connectivity index (χ0v) is 19.8. The fraction of sp³-hybridized carbons (Fsp3) is 0.143. The number of sulfonamides is 2. The summed E-state index contributed by atoms with van der Waals surface area (Å²) >= 11 is 0. The summed E-state index contributed by atoms with van der Waals surface area (Å²) in [6, 6.07) is 9.57. The first-order valence-electron chi connectivity index (χ1n) is 9.40.